The summed E-state index contributed by atoms with van der Waals surface area (Å²) in [4.78, 5) is 19.2. The Kier molecular flexibility index (Phi) is 6.96. The van der Waals surface area contributed by atoms with Crippen molar-refractivity contribution < 1.29 is 19.4 Å². The van der Waals surface area contributed by atoms with E-state index < -0.39 is 11.4 Å². The number of aliphatic hydroxyl groups excluding tert-OH is 1. The number of amides is 1. The van der Waals surface area contributed by atoms with Crippen molar-refractivity contribution in [2.24, 2.45) is 0 Å². The molecule has 36 heavy (non-hydrogen) atoms. The minimum Gasteiger partial charge on any atom is -0.508 e. The average Bonchev–Trinajstić information content (AvgIpc) is 2.88. The monoisotopic (exact) mass is 520 g/mol. The van der Waals surface area contributed by atoms with Crippen LogP contribution >= 0.6 is 23.4 Å². The molecule has 8 heteroatoms. The summed E-state index contributed by atoms with van der Waals surface area (Å²) in [7, 11) is 0. The third kappa shape index (κ3) is 4.95. The summed E-state index contributed by atoms with van der Waals surface area (Å²) < 4.78 is 13.2. The van der Waals surface area contributed by atoms with Crippen LogP contribution in [0.25, 0.3) is 11.1 Å². The van der Waals surface area contributed by atoms with Gasteiger partial charge in [0.15, 0.2) is 0 Å². The van der Waals surface area contributed by atoms with Crippen LogP contribution in [0.4, 0.5) is 10.1 Å². The molecule has 1 fully saturated rings. The molecule has 0 spiro atoms. The summed E-state index contributed by atoms with van der Waals surface area (Å²) in [5.41, 5.74) is 4.02. The number of phenolic OH excluding ortho intramolecular Hbond substituents is 1. The van der Waals surface area contributed by atoms with E-state index >= 15 is 0 Å². The van der Waals surface area contributed by atoms with Gasteiger partial charge in [-0.15, -0.1) is 11.8 Å². The molecule has 1 saturated heterocycles. The summed E-state index contributed by atoms with van der Waals surface area (Å²) in [5.74, 6) is -0.00749. The van der Waals surface area contributed by atoms with Crippen LogP contribution in [-0.2, 0) is 4.79 Å². The van der Waals surface area contributed by atoms with Gasteiger partial charge in [-0.3, -0.25) is 9.78 Å². The molecule has 1 amide bonds. The van der Waals surface area contributed by atoms with Crippen LogP contribution in [-0.4, -0.2) is 32.1 Å². The SMILES string of the molecule is O=C1[C@H](SC[C@H](O)c2ccc(F)cc2)[C@@H](c2ccc(O)cc2)N1c1ccc(-c2cncc(Cl)c2)cc1. The van der Waals surface area contributed by atoms with Crippen molar-refractivity contribution in [1.82, 2.24) is 4.98 Å². The molecule has 5 rings (SSSR count). The van der Waals surface area contributed by atoms with Crippen LogP contribution in [0.5, 0.6) is 5.75 Å². The molecule has 4 aromatic rings. The zero-order chi connectivity index (χ0) is 25.2. The number of aliphatic hydroxyl groups is 1. The molecule has 0 bridgehead atoms. The number of nitrogens with zero attached hydrogens (tertiary/aromatic N) is 2. The highest BCUT2D eigenvalue weighted by Gasteiger charge is 2.49. The number of carbonyl (C=O) groups excluding carboxylic acids is 1. The summed E-state index contributed by atoms with van der Waals surface area (Å²) in [5, 5.41) is 20.5. The van der Waals surface area contributed by atoms with Gasteiger partial charge in [0.2, 0.25) is 5.91 Å². The largest absolute Gasteiger partial charge is 0.508 e. The molecule has 3 aromatic carbocycles. The van der Waals surface area contributed by atoms with Crippen LogP contribution in [0.2, 0.25) is 5.02 Å². The Morgan fingerprint density at radius 1 is 0.972 bits per heavy atom. The molecular weight excluding hydrogens is 499 g/mol. The van der Waals surface area contributed by atoms with Crippen LogP contribution in [0.15, 0.2) is 91.3 Å². The first-order valence-electron chi connectivity index (χ1n) is 11.3. The Bertz CT molecular complexity index is 1370. The molecule has 0 saturated carbocycles. The quantitative estimate of drug-likeness (QED) is 0.285. The molecule has 3 atom stereocenters. The zero-order valence-corrected chi connectivity index (χ0v) is 20.5. The Balaban J connectivity index is 1.37. The predicted molar refractivity (Wildman–Crippen MR) is 141 cm³/mol. The van der Waals surface area contributed by atoms with E-state index in [0.29, 0.717) is 10.6 Å². The maximum absolute atomic E-state index is 13.3. The number of hydrogen-bond donors (Lipinski definition) is 2. The van der Waals surface area contributed by atoms with Crippen LogP contribution < -0.4 is 4.90 Å². The number of anilines is 1. The fourth-order valence-electron chi connectivity index (χ4n) is 4.27. The lowest BCUT2D eigenvalue weighted by Gasteiger charge is -2.47. The number of pyridine rings is 1. The van der Waals surface area contributed by atoms with Crippen molar-refractivity contribution >= 4 is 35.0 Å². The summed E-state index contributed by atoms with van der Waals surface area (Å²) >= 11 is 7.43. The molecule has 1 aliphatic heterocycles. The van der Waals surface area contributed by atoms with Gasteiger partial charge in [0.25, 0.3) is 0 Å². The van der Waals surface area contributed by atoms with E-state index in [2.05, 4.69) is 4.98 Å². The topological polar surface area (TPSA) is 73.7 Å². The van der Waals surface area contributed by atoms with Gasteiger partial charge in [0.1, 0.15) is 16.8 Å². The number of aromatic nitrogens is 1. The van der Waals surface area contributed by atoms with E-state index in [0.717, 1.165) is 22.4 Å². The highest BCUT2D eigenvalue weighted by Crippen LogP contribution is 2.46. The number of carbonyl (C=O) groups is 1. The second-order valence-electron chi connectivity index (χ2n) is 8.50. The maximum atomic E-state index is 13.3. The average molecular weight is 521 g/mol. The normalized spacial score (nSPS) is 18.1. The number of hydrogen-bond acceptors (Lipinski definition) is 5. The van der Waals surface area contributed by atoms with Gasteiger partial charge in [-0.05, 0) is 59.2 Å². The molecule has 0 aliphatic carbocycles. The molecule has 1 aliphatic rings. The van der Waals surface area contributed by atoms with Crippen LogP contribution in [0, 0.1) is 5.82 Å². The number of benzene rings is 3. The van der Waals surface area contributed by atoms with Gasteiger partial charge < -0.3 is 15.1 Å². The standard InChI is InChI=1S/C28H22ClFN2O3S/c29-21-13-20(14-31-15-21)17-3-9-23(10-4-17)32-26(19-5-11-24(33)12-6-19)27(28(32)35)36-16-25(34)18-1-7-22(30)8-2-18/h1-15,25-27,33-34H,16H2/t25-,26+,27+/m0/s1. The van der Waals surface area contributed by atoms with Gasteiger partial charge in [0.05, 0.1) is 17.2 Å². The lowest BCUT2D eigenvalue weighted by Crippen LogP contribution is -2.57. The summed E-state index contributed by atoms with van der Waals surface area (Å²) in [6.45, 7) is 0. The molecule has 2 heterocycles. The number of phenols is 1. The minimum atomic E-state index is -0.830. The van der Waals surface area contributed by atoms with Crippen molar-refractivity contribution in [2.45, 2.75) is 17.4 Å². The fourth-order valence-corrected chi connectivity index (χ4v) is 5.74. The van der Waals surface area contributed by atoms with Gasteiger partial charge in [0, 0.05) is 29.4 Å². The smallest absolute Gasteiger partial charge is 0.243 e. The molecule has 2 N–H and O–H groups in total. The maximum Gasteiger partial charge on any atom is 0.243 e. The first kappa shape index (κ1) is 24.3. The van der Waals surface area contributed by atoms with Gasteiger partial charge in [-0.25, -0.2) is 4.39 Å². The van der Waals surface area contributed by atoms with Crippen molar-refractivity contribution in [2.75, 3.05) is 10.7 Å². The number of rotatable bonds is 7. The molecule has 0 unspecified atom stereocenters. The van der Waals surface area contributed by atoms with Crippen molar-refractivity contribution in [3.63, 3.8) is 0 Å². The summed E-state index contributed by atoms with van der Waals surface area (Å²) in [6, 6.07) is 21.7. The van der Waals surface area contributed by atoms with Gasteiger partial charge in [-0.2, -0.15) is 0 Å². The Labute approximate surface area is 217 Å². The Hall–Kier alpha value is -3.39. The van der Waals surface area contributed by atoms with Crippen LogP contribution in [0.1, 0.15) is 23.3 Å². The van der Waals surface area contributed by atoms with E-state index in [4.69, 9.17) is 11.6 Å². The van der Waals surface area contributed by atoms with E-state index in [1.54, 1.807) is 53.7 Å². The van der Waals surface area contributed by atoms with E-state index in [-0.39, 0.29) is 29.3 Å². The minimum absolute atomic E-state index is 0.0680. The molecule has 182 valence electrons. The van der Waals surface area contributed by atoms with Gasteiger partial charge in [-0.1, -0.05) is 48.0 Å². The van der Waals surface area contributed by atoms with Gasteiger partial charge >= 0.3 is 0 Å². The lowest BCUT2D eigenvalue weighted by atomic mass is 9.92. The molecule has 1 aromatic heterocycles. The number of thioether (sulfide) groups is 1. The molecule has 5 nitrogen and oxygen atoms in total. The van der Waals surface area contributed by atoms with Crippen molar-refractivity contribution in [1.29, 1.82) is 0 Å². The predicted octanol–water partition coefficient (Wildman–Crippen LogP) is 6.17. The van der Waals surface area contributed by atoms with Crippen molar-refractivity contribution in [3.05, 3.63) is 113 Å². The fraction of sp³-hybridized carbons (Fsp3) is 0.143. The lowest BCUT2D eigenvalue weighted by molar-refractivity contribution is -0.123. The first-order chi connectivity index (χ1) is 17.4. The first-order valence-corrected chi connectivity index (χ1v) is 12.7. The Morgan fingerprint density at radius 3 is 2.33 bits per heavy atom. The summed E-state index contributed by atoms with van der Waals surface area (Å²) in [6.07, 6.45) is 2.47. The zero-order valence-electron chi connectivity index (χ0n) is 19.0. The van der Waals surface area contributed by atoms with E-state index in [9.17, 15) is 19.4 Å². The molecular formula is C28H22ClFN2O3S. The Morgan fingerprint density at radius 2 is 1.67 bits per heavy atom. The van der Waals surface area contributed by atoms with Crippen molar-refractivity contribution in [3.8, 4) is 16.9 Å². The highest BCUT2D eigenvalue weighted by molar-refractivity contribution is 8.00. The third-order valence-electron chi connectivity index (χ3n) is 6.15. The van der Waals surface area contributed by atoms with E-state index in [1.807, 2.05) is 30.3 Å². The third-order valence-corrected chi connectivity index (χ3v) is 7.69. The number of β-lactam (4-membered cyclic amide) rings is 1. The number of halogens is 2. The number of aromatic hydroxyl groups is 1. The highest BCUT2D eigenvalue weighted by atomic mass is 35.5. The molecule has 0 radical (unpaired) electrons. The van der Waals surface area contributed by atoms with E-state index in [1.165, 1.54) is 23.9 Å². The van der Waals surface area contributed by atoms with Crippen LogP contribution in [0.3, 0.4) is 0 Å². The second kappa shape index (κ2) is 10.3. The second-order valence-corrected chi connectivity index (χ2v) is 10.1.